The number of hydrogen-bond acceptors (Lipinski definition) is 4. The molecule has 2 heterocycles. The Kier molecular flexibility index (Phi) is 4.85. The van der Waals surface area contributed by atoms with E-state index in [1.807, 2.05) is 17.0 Å². The molecule has 1 aliphatic carbocycles. The Morgan fingerprint density at radius 1 is 1.35 bits per heavy atom. The number of carbonyl (C=O) groups excluding carboxylic acids is 1. The predicted octanol–water partition coefficient (Wildman–Crippen LogP) is 2.28. The minimum Gasteiger partial charge on any atom is -0.477 e. The lowest BCUT2D eigenvalue weighted by molar-refractivity contribution is 0.0780. The lowest BCUT2D eigenvalue weighted by Gasteiger charge is -2.23. The van der Waals surface area contributed by atoms with Crippen LogP contribution >= 0.6 is 0 Å². The van der Waals surface area contributed by atoms with E-state index in [2.05, 4.69) is 30.9 Å². The van der Waals surface area contributed by atoms with Crippen LogP contribution in [0.5, 0.6) is 5.88 Å². The number of aromatic nitrogens is 1. The van der Waals surface area contributed by atoms with E-state index in [1.54, 1.807) is 6.20 Å². The summed E-state index contributed by atoms with van der Waals surface area (Å²) in [6, 6.07) is 4.09. The van der Waals surface area contributed by atoms with Crippen LogP contribution in [0.1, 0.15) is 36.5 Å². The van der Waals surface area contributed by atoms with Crippen LogP contribution in [0.2, 0.25) is 0 Å². The van der Waals surface area contributed by atoms with Crippen molar-refractivity contribution in [2.75, 3.05) is 33.8 Å². The number of carbonyl (C=O) groups is 1. The Morgan fingerprint density at radius 3 is 2.65 bits per heavy atom. The number of pyridine rings is 1. The molecule has 5 heteroatoms. The van der Waals surface area contributed by atoms with Crippen LogP contribution in [0.25, 0.3) is 0 Å². The van der Waals surface area contributed by atoms with E-state index in [0.717, 1.165) is 26.1 Å². The van der Waals surface area contributed by atoms with Crippen molar-refractivity contribution in [2.24, 2.45) is 11.8 Å². The molecule has 0 aromatic carbocycles. The van der Waals surface area contributed by atoms with Gasteiger partial charge in [0.25, 0.3) is 5.91 Å². The van der Waals surface area contributed by atoms with Crippen molar-refractivity contribution < 1.29 is 9.53 Å². The van der Waals surface area contributed by atoms with Crippen LogP contribution in [0.3, 0.4) is 0 Å². The number of amides is 1. The molecule has 1 amide bonds. The molecule has 2 atom stereocenters. The van der Waals surface area contributed by atoms with Gasteiger partial charge in [0.15, 0.2) is 0 Å². The van der Waals surface area contributed by atoms with Gasteiger partial charge in [-0.1, -0.05) is 13.3 Å². The number of likely N-dealkylation sites (tertiary alicyclic amines) is 1. The monoisotopic (exact) mass is 317 g/mol. The summed E-state index contributed by atoms with van der Waals surface area (Å²) >= 11 is 0. The molecular weight excluding hydrogens is 290 g/mol. The quantitative estimate of drug-likeness (QED) is 0.807. The van der Waals surface area contributed by atoms with Crippen LogP contribution in [0.4, 0.5) is 0 Å². The highest BCUT2D eigenvalue weighted by atomic mass is 16.5. The first kappa shape index (κ1) is 16.2. The van der Waals surface area contributed by atoms with E-state index in [1.165, 1.54) is 12.8 Å². The van der Waals surface area contributed by atoms with Crippen molar-refractivity contribution in [1.29, 1.82) is 0 Å². The SMILES string of the molecule is CC[C@H]1CN(C(=O)c2ccc(OCC3CC3)nc2)C[C@@H]1N(C)C. The van der Waals surface area contributed by atoms with Gasteiger partial charge in [-0.05, 0) is 44.8 Å². The van der Waals surface area contributed by atoms with Crippen LogP contribution in [0.15, 0.2) is 18.3 Å². The van der Waals surface area contributed by atoms with Gasteiger partial charge in [-0.25, -0.2) is 4.98 Å². The molecule has 0 spiro atoms. The van der Waals surface area contributed by atoms with Crippen molar-refractivity contribution in [3.8, 4) is 5.88 Å². The first-order valence-corrected chi connectivity index (χ1v) is 8.63. The fourth-order valence-corrected chi connectivity index (χ4v) is 3.27. The predicted molar refractivity (Wildman–Crippen MR) is 89.6 cm³/mol. The zero-order chi connectivity index (χ0) is 16.4. The van der Waals surface area contributed by atoms with Gasteiger partial charge in [-0.15, -0.1) is 0 Å². The second kappa shape index (κ2) is 6.87. The third-order valence-corrected chi connectivity index (χ3v) is 5.03. The molecule has 2 aliphatic rings. The highest BCUT2D eigenvalue weighted by Gasteiger charge is 2.35. The zero-order valence-electron chi connectivity index (χ0n) is 14.4. The molecule has 2 fully saturated rings. The highest BCUT2D eigenvalue weighted by molar-refractivity contribution is 5.94. The van der Waals surface area contributed by atoms with E-state index in [9.17, 15) is 4.79 Å². The van der Waals surface area contributed by atoms with Crippen LogP contribution in [-0.2, 0) is 0 Å². The number of hydrogen-bond donors (Lipinski definition) is 0. The summed E-state index contributed by atoms with van der Waals surface area (Å²) in [5.74, 6) is 1.95. The second-order valence-corrected chi connectivity index (χ2v) is 7.05. The molecule has 1 saturated heterocycles. The van der Waals surface area contributed by atoms with Gasteiger partial charge in [0.05, 0.1) is 12.2 Å². The average molecular weight is 317 g/mol. The van der Waals surface area contributed by atoms with Gasteiger partial charge < -0.3 is 14.5 Å². The summed E-state index contributed by atoms with van der Waals surface area (Å²) in [6.45, 7) is 4.57. The zero-order valence-corrected chi connectivity index (χ0v) is 14.4. The fourth-order valence-electron chi connectivity index (χ4n) is 3.27. The minimum atomic E-state index is 0.0778. The van der Waals surface area contributed by atoms with Gasteiger partial charge in [0, 0.05) is 31.4 Å². The standard InChI is InChI=1S/C18H27N3O2/c1-4-14-10-21(11-16(14)20(2)3)18(22)15-7-8-17(19-9-15)23-12-13-5-6-13/h7-9,13-14,16H,4-6,10-12H2,1-3H3/t14-,16-/m0/s1. The summed E-state index contributed by atoms with van der Waals surface area (Å²) in [5, 5.41) is 0. The van der Waals surface area contributed by atoms with Crippen LogP contribution in [-0.4, -0.2) is 60.5 Å². The summed E-state index contributed by atoms with van der Waals surface area (Å²) < 4.78 is 5.63. The Balaban J connectivity index is 1.61. The van der Waals surface area contributed by atoms with E-state index < -0.39 is 0 Å². The maximum Gasteiger partial charge on any atom is 0.255 e. The Labute approximate surface area is 138 Å². The number of likely N-dealkylation sites (N-methyl/N-ethyl adjacent to an activating group) is 1. The second-order valence-electron chi connectivity index (χ2n) is 7.05. The van der Waals surface area contributed by atoms with E-state index in [0.29, 0.717) is 29.3 Å². The lowest BCUT2D eigenvalue weighted by Crippen LogP contribution is -2.36. The van der Waals surface area contributed by atoms with Gasteiger partial charge in [-0.2, -0.15) is 0 Å². The third-order valence-electron chi connectivity index (χ3n) is 5.03. The topological polar surface area (TPSA) is 45.7 Å². The van der Waals surface area contributed by atoms with E-state index in [-0.39, 0.29) is 5.91 Å². The molecule has 126 valence electrons. The van der Waals surface area contributed by atoms with Crippen molar-refractivity contribution >= 4 is 5.91 Å². The molecule has 1 aliphatic heterocycles. The first-order chi connectivity index (χ1) is 11.1. The lowest BCUT2D eigenvalue weighted by atomic mass is 10.0. The van der Waals surface area contributed by atoms with Crippen LogP contribution < -0.4 is 4.74 Å². The molecule has 0 N–H and O–H groups in total. The molecular formula is C18H27N3O2. The summed E-state index contributed by atoms with van der Waals surface area (Å²) in [6.07, 6.45) is 5.27. The highest BCUT2D eigenvalue weighted by Crippen LogP contribution is 2.29. The van der Waals surface area contributed by atoms with Crippen molar-refractivity contribution in [2.45, 2.75) is 32.2 Å². The number of rotatable bonds is 6. The molecule has 1 aromatic rings. The van der Waals surface area contributed by atoms with Gasteiger partial charge >= 0.3 is 0 Å². The normalized spacial score (nSPS) is 24.3. The molecule has 1 saturated carbocycles. The van der Waals surface area contributed by atoms with Crippen LogP contribution in [0, 0.1) is 11.8 Å². The molecule has 0 radical (unpaired) electrons. The molecule has 1 aromatic heterocycles. The Morgan fingerprint density at radius 2 is 2.13 bits per heavy atom. The van der Waals surface area contributed by atoms with Gasteiger partial charge in [-0.3, -0.25) is 4.79 Å². The van der Waals surface area contributed by atoms with E-state index >= 15 is 0 Å². The van der Waals surface area contributed by atoms with Crippen molar-refractivity contribution in [1.82, 2.24) is 14.8 Å². The Hall–Kier alpha value is -1.62. The Bertz CT molecular complexity index is 540. The first-order valence-electron chi connectivity index (χ1n) is 8.63. The largest absolute Gasteiger partial charge is 0.477 e. The molecule has 0 bridgehead atoms. The average Bonchev–Trinajstić information content (AvgIpc) is 3.28. The van der Waals surface area contributed by atoms with Crippen molar-refractivity contribution in [3.05, 3.63) is 23.9 Å². The maximum absolute atomic E-state index is 12.7. The summed E-state index contributed by atoms with van der Waals surface area (Å²) in [7, 11) is 4.18. The number of ether oxygens (including phenoxy) is 1. The molecule has 0 unspecified atom stereocenters. The fraction of sp³-hybridized carbons (Fsp3) is 0.667. The summed E-state index contributed by atoms with van der Waals surface area (Å²) in [5.41, 5.74) is 0.651. The minimum absolute atomic E-state index is 0.0778. The van der Waals surface area contributed by atoms with Crippen molar-refractivity contribution in [3.63, 3.8) is 0 Å². The summed E-state index contributed by atoms with van der Waals surface area (Å²) in [4.78, 5) is 21.2. The third kappa shape index (κ3) is 3.83. The van der Waals surface area contributed by atoms with Gasteiger partial charge in [0.1, 0.15) is 0 Å². The molecule has 3 rings (SSSR count). The maximum atomic E-state index is 12.7. The smallest absolute Gasteiger partial charge is 0.255 e. The molecule has 23 heavy (non-hydrogen) atoms. The number of nitrogens with zero attached hydrogens (tertiary/aromatic N) is 3. The molecule has 5 nitrogen and oxygen atoms in total. The van der Waals surface area contributed by atoms with Gasteiger partial charge in [0.2, 0.25) is 5.88 Å². The van der Waals surface area contributed by atoms with E-state index in [4.69, 9.17) is 4.74 Å².